The Morgan fingerprint density at radius 3 is 2.39 bits per heavy atom. The van der Waals surface area contributed by atoms with E-state index in [-0.39, 0.29) is 6.42 Å². The van der Waals surface area contributed by atoms with Gasteiger partial charge in [-0.05, 0) is 23.3 Å². The second kappa shape index (κ2) is 7.51. The largest absolute Gasteiger partial charge is 0.480 e. The molecule has 5 nitrogen and oxygen atoms in total. The molecule has 1 amide bonds. The van der Waals surface area contributed by atoms with E-state index in [9.17, 15) is 24.2 Å². The second-order valence-corrected chi connectivity index (χ2v) is 5.05. The summed E-state index contributed by atoms with van der Waals surface area (Å²) in [6.45, 7) is 0. The zero-order valence-electron chi connectivity index (χ0n) is 12.1. The van der Waals surface area contributed by atoms with Crippen LogP contribution in [-0.2, 0) is 16.0 Å². The molecule has 2 atom stereocenters. The van der Waals surface area contributed by atoms with Crippen LogP contribution in [0.4, 0.5) is 4.39 Å². The quantitative estimate of drug-likeness (QED) is 0.756. The number of carboxylic acid groups (broad SMARTS) is 1. The standard InChI is InChI=1S/C17H16FNO4/c18-13-8-4-5-11(9-13)10-14(17(22)23)19-16(21)15(20)12-6-2-1-3-7-12/h1-9,14-15,20H,10H2,(H,19,21)(H,22,23)/t14-,15+/m1/s1. The molecule has 0 unspecified atom stereocenters. The van der Waals surface area contributed by atoms with Gasteiger partial charge in [0.2, 0.25) is 0 Å². The summed E-state index contributed by atoms with van der Waals surface area (Å²) in [6.07, 6.45) is -1.55. The van der Waals surface area contributed by atoms with E-state index in [1.165, 1.54) is 18.2 Å². The first-order valence-corrected chi connectivity index (χ1v) is 6.98. The predicted octanol–water partition coefficient (Wildman–Crippen LogP) is 1.67. The Hall–Kier alpha value is -2.73. The highest BCUT2D eigenvalue weighted by atomic mass is 19.1. The van der Waals surface area contributed by atoms with E-state index >= 15 is 0 Å². The molecule has 0 bridgehead atoms. The molecule has 0 aliphatic rings. The van der Waals surface area contributed by atoms with Crippen molar-refractivity contribution in [3.8, 4) is 0 Å². The molecule has 0 aromatic heterocycles. The minimum absolute atomic E-state index is 0.0830. The first kappa shape index (κ1) is 16.6. The third kappa shape index (κ3) is 4.62. The van der Waals surface area contributed by atoms with Crippen LogP contribution in [0.25, 0.3) is 0 Å². The lowest BCUT2D eigenvalue weighted by Crippen LogP contribution is -2.44. The van der Waals surface area contributed by atoms with Gasteiger partial charge in [0.1, 0.15) is 11.9 Å². The molecular formula is C17H16FNO4. The van der Waals surface area contributed by atoms with Gasteiger partial charge < -0.3 is 15.5 Å². The molecule has 0 aliphatic heterocycles. The SMILES string of the molecule is O=C(N[C@H](Cc1cccc(F)c1)C(=O)O)[C@@H](O)c1ccccc1. The maximum Gasteiger partial charge on any atom is 0.326 e. The van der Waals surface area contributed by atoms with Gasteiger partial charge in [0.05, 0.1) is 0 Å². The van der Waals surface area contributed by atoms with Gasteiger partial charge in [0, 0.05) is 6.42 Å². The van der Waals surface area contributed by atoms with Crippen LogP contribution in [0.15, 0.2) is 54.6 Å². The van der Waals surface area contributed by atoms with Crippen molar-refractivity contribution < 1.29 is 24.2 Å². The minimum atomic E-state index is -1.47. The smallest absolute Gasteiger partial charge is 0.326 e. The first-order chi connectivity index (χ1) is 11.0. The molecular weight excluding hydrogens is 301 g/mol. The van der Waals surface area contributed by atoms with Crippen molar-refractivity contribution in [1.82, 2.24) is 5.32 Å². The molecule has 2 aromatic rings. The van der Waals surface area contributed by atoms with Crippen LogP contribution in [0, 0.1) is 5.82 Å². The van der Waals surface area contributed by atoms with Crippen molar-refractivity contribution in [2.75, 3.05) is 0 Å². The van der Waals surface area contributed by atoms with E-state index < -0.39 is 29.8 Å². The van der Waals surface area contributed by atoms with Gasteiger partial charge in [0.15, 0.2) is 6.10 Å². The van der Waals surface area contributed by atoms with Crippen molar-refractivity contribution in [2.24, 2.45) is 0 Å². The molecule has 0 aliphatic carbocycles. The summed E-state index contributed by atoms with van der Waals surface area (Å²) in [5, 5.41) is 21.5. The van der Waals surface area contributed by atoms with Crippen LogP contribution >= 0.6 is 0 Å². The fraction of sp³-hybridized carbons (Fsp3) is 0.176. The van der Waals surface area contributed by atoms with Crippen molar-refractivity contribution in [3.05, 3.63) is 71.5 Å². The molecule has 0 fully saturated rings. The van der Waals surface area contributed by atoms with Crippen LogP contribution in [0.2, 0.25) is 0 Å². The summed E-state index contributed by atoms with van der Waals surface area (Å²) in [4.78, 5) is 23.3. The molecule has 0 heterocycles. The van der Waals surface area contributed by atoms with Gasteiger partial charge in [-0.15, -0.1) is 0 Å². The van der Waals surface area contributed by atoms with Gasteiger partial charge in [-0.1, -0.05) is 42.5 Å². The van der Waals surface area contributed by atoms with Crippen molar-refractivity contribution >= 4 is 11.9 Å². The average Bonchev–Trinajstić information content (AvgIpc) is 2.54. The van der Waals surface area contributed by atoms with Crippen LogP contribution in [0.5, 0.6) is 0 Å². The minimum Gasteiger partial charge on any atom is -0.480 e. The number of halogens is 1. The first-order valence-electron chi connectivity index (χ1n) is 6.98. The number of aliphatic hydroxyl groups excluding tert-OH is 1. The zero-order valence-corrected chi connectivity index (χ0v) is 12.1. The van der Waals surface area contributed by atoms with E-state index in [0.29, 0.717) is 11.1 Å². The molecule has 120 valence electrons. The third-order valence-corrected chi connectivity index (χ3v) is 3.31. The topological polar surface area (TPSA) is 86.6 Å². The zero-order chi connectivity index (χ0) is 16.8. The monoisotopic (exact) mass is 317 g/mol. The highest BCUT2D eigenvalue weighted by Gasteiger charge is 2.25. The van der Waals surface area contributed by atoms with E-state index in [4.69, 9.17) is 0 Å². The Morgan fingerprint density at radius 1 is 1.09 bits per heavy atom. The third-order valence-electron chi connectivity index (χ3n) is 3.31. The van der Waals surface area contributed by atoms with Gasteiger partial charge in [-0.25, -0.2) is 9.18 Å². The van der Waals surface area contributed by atoms with Gasteiger partial charge >= 0.3 is 5.97 Å². The molecule has 0 spiro atoms. The molecule has 23 heavy (non-hydrogen) atoms. The van der Waals surface area contributed by atoms with E-state index in [2.05, 4.69) is 5.32 Å². The number of benzene rings is 2. The summed E-state index contributed by atoms with van der Waals surface area (Å²) in [5.41, 5.74) is 0.798. The lowest BCUT2D eigenvalue weighted by atomic mass is 10.0. The number of hydrogen-bond acceptors (Lipinski definition) is 3. The molecule has 0 radical (unpaired) electrons. The van der Waals surface area contributed by atoms with Crippen molar-refractivity contribution in [2.45, 2.75) is 18.6 Å². The van der Waals surface area contributed by atoms with E-state index in [1.807, 2.05) is 0 Å². The number of nitrogens with one attached hydrogen (secondary N) is 1. The Morgan fingerprint density at radius 2 is 1.78 bits per heavy atom. The molecule has 3 N–H and O–H groups in total. The molecule has 0 saturated carbocycles. The number of carbonyl (C=O) groups excluding carboxylic acids is 1. The summed E-state index contributed by atoms with van der Waals surface area (Å²) in [7, 11) is 0. The summed E-state index contributed by atoms with van der Waals surface area (Å²) in [6, 6.07) is 12.4. The normalized spacial score (nSPS) is 13.1. The fourth-order valence-corrected chi connectivity index (χ4v) is 2.14. The number of aliphatic carboxylic acids is 1. The van der Waals surface area contributed by atoms with Crippen molar-refractivity contribution in [1.29, 1.82) is 0 Å². The highest BCUT2D eigenvalue weighted by molar-refractivity contribution is 5.87. The molecule has 0 saturated heterocycles. The lowest BCUT2D eigenvalue weighted by molar-refractivity contribution is -0.143. The number of carbonyl (C=O) groups is 2. The summed E-state index contributed by atoms with van der Waals surface area (Å²) in [5.74, 6) is -2.56. The Kier molecular flexibility index (Phi) is 5.43. The summed E-state index contributed by atoms with van der Waals surface area (Å²) >= 11 is 0. The van der Waals surface area contributed by atoms with Gasteiger partial charge in [-0.2, -0.15) is 0 Å². The van der Waals surface area contributed by atoms with Crippen LogP contribution in [0.3, 0.4) is 0 Å². The maximum absolute atomic E-state index is 13.2. The predicted molar refractivity (Wildman–Crippen MR) is 81.1 cm³/mol. The van der Waals surface area contributed by atoms with E-state index in [1.54, 1.807) is 36.4 Å². The second-order valence-electron chi connectivity index (χ2n) is 5.05. The Bertz CT molecular complexity index is 690. The maximum atomic E-state index is 13.2. The summed E-state index contributed by atoms with van der Waals surface area (Å²) < 4.78 is 13.2. The number of amides is 1. The van der Waals surface area contributed by atoms with Gasteiger partial charge in [0.25, 0.3) is 5.91 Å². The molecule has 2 aromatic carbocycles. The van der Waals surface area contributed by atoms with Crippen molar-refractivity contribution in [3.63, 3.8) is 0 Å². The lowest BCUT2D eigenvalue weighted by Gasteiger charge is -2.17. The van der Waals surface area contributed by atoms with Crippen LogP contribution in [-0.4, -0.2) is 28.1 Å². The highest BCUT2D eigenvalue weighted by Crippen LogP contribution is 2.13. The van der Waals surface area contributed by atoms with Gasteiger partial charge in [-0.3, -0.25) is 4.79 Å². The Labute approximate surface area is 132 Å². The average molecular weight is 317 g/mol. The number of carboxylic acids is 1. The number of aliphatic hydroxyl groups is 1. The Balaban J connectivity index is 2.07. The van der Waals surface area contributed by atoms with E-state index in [0.717, 1.165) is 0 Å². The number of rotatable bonds is 6. The fourth-order valence-electron chi connectivity index (χ4n) is 2.14. The number of hydrogen-bond donors (Lipinski definition) is 3. The molecule has 6 heteroatoms. The van der Waals surface area contributed by atoms with Crippen LogP contribution < -0.4 is 5.32 Å². The van der Waals surface area contributed by atoms with Crippen LogP contribution in [0.1, 0.15) is 17.2 Å². The molecule has 2 rings (SSSR count).